The van der Waals surface area contributed by atoms with E-state index in [1.165, 1.54) is 0 Å². The summed E-state index contributed by atoms with van der Waals surface area (Å²) in [7, 11) is 0. The van der Waals surface area contributed by atoms with E-state index in [1.807, 2.05) is 4.68 Å². The molecule has 1 rings (SSSR count). The van der Waals surface area contributed by atoms with Crippen LogP contribution >= 0.6 is 0 Å². The third-order valence-corrected chi connectivity index (χ3v) is 2.42. The van der Waals surface area contributed by atoms with Crippen LogP contribution < -0.4 is 5.32 Å². The summed E-state index contributed by atoms with van der Waals surface area (Å²) in [6.45, 7) is 9.78. The summed E-state index contributed by atoms with van der Waals surface area (Å²) >= 11 is 0. The summed E-state index contributed by atoms with van der Waals surface area (Å²) in [4.78, 5) is 4.18. The number of β-amino-alcohol motifs (C(OH)–C–C–N with tert-alkyl or cyclic N) is 1. The van der Waals surface area contributed by atoms with Gasteiger partial charge in [-0.25, -0.2) is 4.98 Å². The van der Waals surface area contributed by atoms with Crippen LogP contribution in [0.1, 0.15) is 39.9 Å². The normalized spacial score (nSPS) is 13.9. The van der Waals surface area contributed by atoms with Crippen molar-refractivity contribution < 1.29 is 5.11 Å². The number of aromatic nitrogens is 3. The number of hydrogen-bond donors (Lipinski definition) is 2. The Bertz CT molecular complexity index is 329. The summed E-state index contributed by atoms with van der Waals surface area (Å²) in [5.74, 6) is 0.857. The molecular formula is C12H24N4O. The van der Waals surface area contributed by atoms with Gasteiger partial charge in [0, 0.05) is 25.0 Å². The van der Waals surface area contributed by atoms with E-state index < -0.39 is 6.10 Å². The molecule has 0 fully saturated rings. The summed E-state index contributed by atoms with van der Waals surface area (Å²) in [6, 6.07) is 0. The first-order chi connectivity index (χ1) is 7.92. The van der Waals surface area contributed by atoms with Crippen LogP contribution in [0.4, 0.5) is 0 Å². The molecule has 5 heteroatoms. The maximum atomic E-state index is 9.93. The van der Waals surface area contributed by atoms with Gasteiger partial charge in [0.05, 0.1) is 6.10 Å². The maximum Gasteiger partial charge on any atom is 0.138 e. The van der Waals surface area contributed by atoms with Crippen molar-refractivity contribution in [2.75, 3.05) is 6.54 Å². The predicted molar refractivity (Wildman–Crippen MR) is 67.8 cm³/mol. The molecule has 0 bridgehead atoms. The quantitative estimate of drug-likeness (QED) is 0.778. The van der Waals surface area contributed by atoms with Crippen molar-refractivity contribution in [2.45, 2.75) is 58.7 Å². The summed E-state index contributed by atoms with van der Waals surface area (Å²) < 4.78 is 1.86. The van der Waals surface area contributed by atoms with Crippen molar-refractivity contribution in [2.24, 2.45) is 0 Å². The van der Waals surface area contributed by atoms with Gasteiger partial charge in [0.15, 0.2) is 0 Å². The molecular weight excluding hydrogens is 216 g/mol. The molecule has 0 saturated heterocycles. The lowest BCUT2D eigenvalue weighted by molar-refractivity contribution is 0.157. The Kier molecular flexibility index (Phi) is 5.08. The molecule has 2 N–H and O–H groups in total. The molecule has 17 heavy (non-hydrogen) atoms. The molecule has 0 aliphatic carbocycles. The van der Waals surface area contributed by atoms with E-state index in [9.17, 15) is 5.11 Å². The molecule has 0 saturated carbocycles. The fourth-order valence-corrected chi connectivity index (χ4v) is 1.55. The van der Waals surface area contributed by atoms with Gasteiger partial charge in [-0.15, -0.1) is 0 Å². The van der Waals surface area contributed by atoms with E-state index in [4.69, 9.17) is 0 Å². The van der Waals surface area contributed by atoms with Crippen molar-refractivity contribution in [3.63, 3.8) is 0 Å². The number of hydrogen-bond acceptors (Lipinski definition) is 4. The molecule has 1 heterocycles. The van der Waals surface area contributed by atoms with Gasteiger partial charge >= 0.3 is 0 Å². The minimum atomic E-state index is -0.422. The van der Waals surface area contributed by atoms with Gasteiger partial charge in [0.25, 0.3) is 0 Å². The first kappa shape index (κ1) is 14.1. The van der Waals surface area contributed by atoms with Crippen LogP contribution in [-0.4, -0.2) is 38.1 Å². The van der Waals surface area contributed by atoms with E-state index in [-0.39, 0.29) is 5.54 Å². The third kappa shape index (κ3) is 5.28. The van der Waals surface area contributed by atoms with Crippen LogP contribution in [0.3, 0.4) is 0 Å². The smallest absolute Gasteiger partial charge is 0.138 e. The van der Waals surface area contributed by atoms with Gasteiger partial charge < -0.3 is 10.4 Å². The zero-order valence-electron chi connectivity index (χ0n) is 11.3. The lowest BCUT2D eigenvalue weighted by atomic mass is 10.1. The molecule has 98 valence electrons. The summed E-state index contributed by atoms with van der Waals surface area (Å²) in [5.41, 5.74) is 0.0259. The Labute approximate surface area is 103 Å². The number of aryl methyl sites for hydroxylation is 1. The second kappa shape index (κ2) is 6.12. The van der Waals surface area contributed by atoms with Crippen LogP contribution in [0.15, 0.2) is 6.33 Å². The lowest BCUT2D eigenvalue weighted by Crippen LogP contribution is -2.41. The zero-order chi connectivity index (χ0) is 12.9. The maximum absolute atomic E-state index is 9.93. The average Bonchev–Trinajstić information content (AvgIpc) is 2.63. The Morgan fingerprint density at radius 2 is 2.18 bits per heavy atom. The molecule has 0 amide bonds. The second-order valence-corrected chi connectivity index (χ2v) is 5.39. The van der Waals surface area contributed by atoms with E-state index in [0.29, 0.717) is 13.0 Å². The van der Waals surface area contributed by atoms with Crippen LogP contribution in [0, 0.1) is 0 Å². The van der Waals surface area contributed by atoms with Crippen molar-refractivity contribution in [3.8, 4) is 0 Å². The fraction of sp³-hybridized carbons (Fsp3) is 0.833. The molecule has 0 spiro atoms. The molecule has 0 aliphatic rings. The van der Waals surface area contributed by atoms with Crippen LogP contribution in [-0.2, 0) is 13.0 Å². The Balaban J connectivity index is 2.44. The van der Waals surface area contributed by atoms with Crippen LogP contribution in [0.25, 0.3) is 0 Å². The highest BCUT2D eigenvalue weighted by molar-refractivity contribution is 4.88. The third-order valence-electron chi connectivity index (χ3n) is 2.42. The van der Waals surface area contributed by atoms with Gasteiger partial charge in [0.2, 0.25) is 0 Å². The van der Waals surface area contributed by atoms with Crippen molar-refractivity contribution in [3.05, 3.63) is 12.2 Å². The predicted octanol–water partition coefficient (Wildman–Crippen LogP) is 0.980. The molecule has 0 aromatic carbocycles. The van der Waals surface area contributed by atoms with Crippen LogP contribution in [0.2, 0.25) is 0 Å². The monoisotopic (exact) mass is 240 g/mol. The van der Waals surface area contributed by atoms with E-state index >= 15 is 0 Å². The van der Waals surface area contributed by atoms with E-state index in [0.717, 1.165) is 18.8 Å². The topological polar surface area (TPSA) is 63.0 Å². The van der Waals surface area contributed by atoms with Gasteiger partial charge in [0.1, 0.15) is 12.2 Å². The Morgan fingerprint density at radius 3 is 2.76 bits per heavy atom. The highest BCUT2D eigenvalue weighted by atomic mass is 16.3. The summed E-state index contributed by atoms with van der Waals surface area (Å²) in [5, 5.41) is 17.4. The standard InChI is InChI=1S/C12H24N4O/c1-5-6-16-11(13-9-15-16)7-10(17)8-14-12(2,3)4/h9-10,14,17H,5-8H2,1-4H3. The molecule has 1 unspecified atom stereocenters. The molecule has 5 nitrogen and oxygen atoms in total. The van der Waals surface area contributed by atoms with Gasteiger partial charge in [-0.05, 0) is 27.2 Å². The largest absolute Gasteiger partial charge is 0.391 e. The molecule has 1 aromatic heterocycles. The van der Waals surface area contributed by atoms with Gasteiger partial charge in [-0.2, -0.15) is 5.10 Å². The number of rotatable bonds is 6. The van der Waals surface area contributed by atoms with Crippen molar-refractivity contribution >= 4 is 0 Å². The Hall–Kier alpha value is -0.940. The highest BCUT2D eigenvalue weighted by Gasteiger charge is 2.14. The van der Waals surface area contributed by atoms with E-state index in [2.05, 4.69) is 43.1 Å². The number of aliphatic hydroxyl groups is 1. The fourth-order valence-electron chi connectivity index (χ4n) is 1.55. The second-order valence-electron chi connectivity index (χ2n) is 5.39. The first-order valence-electron chi connectivity index (χ1n) is 6.22. The lowest BCUT2D eigenvalue weighted by Gasteiger charge is -2.22. The van der Waals surface area contributed by atoms with Crippen molar-refractivity contribution in [1.82, 2.24) is 20.1 Å². The number of aliphatic hydroxyl groups excluding tert-OH is 1. The average molecular weight is 240 g/mol. The number of nitrogens with zero attached hydrogens (tertiary/aromatic N) is 3. The molecule has 0 radical (unpaired) electrons. The minimum Gasteiger partial charge on any atom is -0.391 e. The minimum absolute atomic E-state index is 0.0259. The Morgan fingerprint density at radius 1 is 1.47 bits per heavy atom. The molecule has 1 aromatic rings. The van der Waals surface area contributed by atoms with Crippen LogP contribution in [0.5, 0.6) is 0 Å². The zero-order valence-corrected chi connectivity index (χ0v) is 11.3. The van der Waals surface area contributed by atoms with Gasteiger partial charge in [-0.3, -0.25) is 4.68 Å². The summed E-state index contributed by atoms with van der Waals surface area (Å²) in [6.07, 6.45) is 2.69. The molecule has 1 atom stereocenters. The van der Waals surface area contributed by atoms with Crippen molar-refractivity contribution in [1.29, 1.82) is 0 Å². The first-order valence-corrected chi connectivity index (χ1v) is 6.22. The highest BCUT2D eigenvalue weighted by Crippen LogP contribution is 2.03. The molecule has 0 aliphatic heterocycles. The number of nitrogens with one attached hydrogen (secondary N) is 1. The SMILES string of the molecule is CCCn1ncnc1CC(O)CNC(C)(C)C. The van der Waals surface area contributed by atoms with E-state index in [1.54, 1.807) is 6.33 Å². The van der Waals surface area contributed by atoms with Gasteiger partial charge in [-0.1, -0.05) is 6.92 Å².